The minimum Gasteiger partial charge on any atom is -0.313 e. The van der Waals surface area contributed by atoms with Crippen LogP contribution in [0.15, 0.2) is 18.2 Å². The molecular weight excluding hydrogens is 196 g/mol. The number of nitriles is 1. The van der Waals surface area contributed by atoms with Crippen LogP contribution in [-0.2, 0) is 6.54 Å². The molecule has 0 spiro atoms. The number of nitrogens with one attached hydrogen (secondary N) is 1. The highest BCUT2D eigenvalue weighted by atomic mass is 35.5. The summed E-state index contributed by atoms with van der Waals surface area (Å²) in [6, 6.07) is 7.48. The molecule has 0 amide bonds. The SMILES string of the molecule is CCCNCc1cc(Cl)ccc1C#N. The molecule has 2 nitrogen and oxygen atoms in total. The third kappa shape index (κ3) is 3.02. The number of halogens is 1. The van der Waals surface area contributed by atoms with E-state index in [1.54, 1.807) is 12.1 Å². The third-order valence-electron chi connectivity index (χ3n) is 1.93. The number of nitrogens with zero attached hydrogens (tertiary/aromatic N) is 1. The molecule has 0 aliphatic heterocycles. The van der Waals surface area contributed by atoms with Gasteiger partial charge in [-0.3, -0.25) is 0 Å². The van der Waals surface area contributed by atoms with Crippen LogP contribution in [0, 0.1) is 11.3 Å². The van der Waals surface area contributed by atoms with Crippen LogP contribution in [0.3, 0.4) is 0 Å². The van der Waals surface area contributed by atoms with Gasteiger partial charge in [-0.25, -0.2) is 0 Å². The van der Waals surface area contributed by atoms with Gasteiger partial charge >= 0.3 is 0 Å². The molecule has 0 fully saturated rings. The van der Waals surface area contributed by atoms with Crippen molar-refractivity contribution in [2.45, 2.75) is 19.9 Å². The van der Waals surface area contributed by atoms with Crippen LogP contribution < -0.4 is 5.32 Å². The molecule has 1 aromatic rings. The fourth-order valence-electron chi connectivity index (χ4n) is 1.22. The fourth-order valence-corrected chi connectivity index (χ4v) is 1.41. The number of hydrogen-bond acceptors (Lipinski definition) is 2. The first-order chi connectivity index (χ1) is 6.77. The van der Waals surface area contributed by atoms with Crippen molar-refractivity contribution in [2.75, 3.05) is 6.54 Å². The molecule has 0 radical (unpaired) electrons. The van der Waals surface area contributed by atoms with E-state index in [2.05, 4.69) is 18.3 Å². The van der Waals surface area contributed by atoms with Crippen molar-refractivity contribution >= 4 is 11.6 Å². The molecule has 74 valence electrons. The standard InChI is InChI=1S/C11H13ClN2/c1-2-5-14-8-10-6-11(12)4-3-9(10)7-13/h3-4,6,14H,2,5,8H2,1H3. The van der Waals surface area contributed by atoms with Gasteiger partial charge in [-0.2, -0.15) is 5.26 Å². The van der Waals surface area contributed by atoms with Gasteiger partial charge in [-0.15, -0.1) is 0 Å². The second-order valence-corrected chi connectivity index (χ2v) is 3.53. The molecule has 0 heterocycles. The molecule has 0 bridgehead atoms. The zero-order chi connectivity index (χ0) is 10.4. The Hall–Kier alpha value is -1.04. The zero-order valence-corrected chi connectivity index (χ0v) is 8.93. The second-order valence-electron chi connectivity index (χ2n) is 3.09. The lowest BCUT2D eigenvalue weighted by Crippen LogP contribution is -2.14. The van der Waals surface area contributed by atoms with E-state index in [9.17, 15) is 0 Å². The Labute approximate surface area is 89.5 Å². The van der Waals surface area contributed by atoms with Crippen molar-refractivity contribution < 1.29 is 0 Å². The first kappa shape index (κ1) is 11.0. The van der Waals surface area contributed by atoms with Gasteiger partial charge in [0, 0.05) is 11.6 Å². The summed E-state index contributed by atoms with van der Waals surface area (Å²) in [7, 11) is 0. The van der Waals surface area contributed by atoms with Gasteiger partial charge in [0.15, 0.2) is 0 Å². The molecule has 1 rings (SSSR count). The van der Waals surface area contributed by atoms with Gasteiger partial charge in [0.2, 0.25) is 0 Å². The minimum absolute atomic E-state index is 0.678. The molecular formula is C11H13ClN2. The monoisotopic (exact) mass is 208 g/mol. The topological polar surface area (TPSA) is 35.8 Å². The molecule has 0 atom stereocenters. The maximum Gasteiger partial charge on any atom is 0.0995 e. The van der Waals surface area contributed by atoms with Gasteiger partial charge in [0.05, 0.1) is 11.6 Å². The summed E-state index contributed by atoms with van der Waals surface area (Å²) in [6.45, 7) is 3.77. The summed E-state index contributed by atoms with van der Waals surface area (Å²) in [5, 5.41) is 12.8. The van der Waals surface area contributed by atoms with Crippen molar-refractivity contribution in [1.29, 1.82) is 5.26 Å². The molecule has 0 unspecified atom stereocenters. The second kappa shape index (κ2) is 5.64. The Balaban J connectivity index is 2.73. The fraction of sp³-hybridized carbons (Fsp3) is 0.364. The predicted octanol–water partition coefficient (Wildman–Crippen LogP) is 2.71. The smallest absolute Gasteiger partial charge is 0.0995 e. The first-order valence-electron chi connectivity index (χ1n) is 4.67. The van der Waals surface area contributed by atoms with Crippen molar-refractivity contribution in [3.63, 3.8) is 0 Å². The molecule has 1 N–H and O–H groups in total. The summed E-state index contributed by atoms with van der Waals surface area (Å²) < 4.78 is 0. The summed E-state index contributed by atoms with van der Waals surface area (Å²) in [5.74, 6) is 0. The van der Waals surface area contributed by atoms with Gasteiger partial charge in [0.25, 0.3) is 0 Å². The zero-order valence-electron chi connectivity index (χ0n) is 8.18. The average molecular weight is 209 g/mol. The first-order valence-corrected chi connectivity index (χ1v) is 5.05. The highest BCUT2D eigenvalue weighted by Gasteiger charge is 2.01. The van der Waals surface area contributed by atoms with E-state index < -0.39 is 0 Å². The van der Waals surface area contributed by atoms with E-state index in [-0.39, 0.29) is 0 Å². The molecule has 0 aliphatic rings. The van der Waals surface area contributed by atoms with E-state index in [0.29, 0.717) is 17.1 Å². The summed E-state index contributed by atoms with van der Waals surface area (Å²) in [6.07, 6.45) is 1.09. The van der Waals surface area contributed by atoms with Crippen LogP contribution in [-0.4, -0.2) is 6.54 Å². The van der Waals surface area contributed by atoms with Crippen molar-refractivity contribution in [3.05, 3.63) is 34.3 Å². The number of rotatable bonds is 4. The van der Waals surface area contributed by atoms with E-state index in [1.165, 1.54) is 0 Å². The van der Waals surface area contributed by atoms with Crippen LogP contribution in [0.25, 0.3) is 0 Å². The molecule has 14 heavy (non-hydrogen) atoms. The Kier molecular flexibility index (Phi) is 4.45. The Morgan fingerprint density at radius 2 is 2.29 bits per heavy atom. The van der Waals surface area contributed by atoms with Crippen molar-refractivity contribution in [3.8, 4) is 6.07 Å². The van der Waals surface area contributed by atoms with E-state index >= 15 is 0 Å². The minimum atomic E-state index is 0.678. The number of hydrogen-bond donors (Lipinski definition) is 1. The van der Waals surface area contributed by atoms with Gasteiger partial charge in [-0.1, -0.05) is 18.5 Å². The van der Waals surface area contributed by atoms with Crippen molar-refractivity contribution in [2.24, 2.45) is 0 Å². The molecule has 0 aromatic heterocycles. The highest BCUT2D eigenvalue weighted by Crippen LogP contribution is 2.15. The lowest BCUT2D eigenvalue weighted by molar-refractivity contribution is 0.674. The van der Waals surface area contributed by atoms with Gasteiger partial charge in [-0.05, 0) is 36.7 Å². The van der Waals surface area contributed by atoms with E-state index in [4.69, 9.17) is 16.9 Å². The highest BCUT2D eigenvalue weighted by molar-refractivity contribution is 6.30. The van der Waals surface area contributed by atoms with Gasteiger partial charge in [0.1, 0.15) is 0 Å². The van der Waals surface area contributed by atoms with Gasteiger partial charge < -0.3 is 5.32 Å². The number of benzene rings is 1. The Bertz CT molecular complexity index is 342. The normalized spacial score (nSPS) is 9.79. The largest absolute Gasteiger partial charge is 0.313 e. The quantitative estimate of drug-likeness (QED) is 0.773. The Morgan fingerprint density at radius 3 is 2.93 bits per heavy atom. The van der Waals surface area contributed by atoms with E-state index in [0.717, 1.165) is 18.5 Å². The third-order valence-corrected chi connectivity index (χ3v) is 2.17. The van der Waals surface area contributed by atoms with Crippen LogP contribution in [0.5, 0.6) is 0 Å². The molecule has 0 saturated carbocycles. The molecule has 0 saturated heterocycles. The van der Waals surface area contributed by atoms with Crippen LogP contribution in [0.2, 0.25) is 5.02 Å². The maximum absolute atomic E-state index is 8.84. The Morgan fingerprint density at radius 1 is 1.50 bits per heavy atom. The summed E-state index contributed by atoms with van der Waals surface area (Å²) in [4.78, 5) is 0. The van der Waals surface area contributed by atoms with Crippen LogP contribution in [0.1, 0.15) is 24.5 Å². The molecule has 0 aliphatic carbocycles. The van der Waals surface area contributed by atoms with Crippen LogP contribution in [0.4, 0.5) is 0 Å². The molecule has 3 heteroatoms. The van der Waals surface area contributed by atoms with E-state index in [1.807, 2.05) is 6.07 Å². The van der Waals surface area contributed by atoms with Crippen molar-refractivity contribution in [1.82, 2.24) is 5.32 Å². The summed E-state index contributed by atoms with van der Waals surface area (Å²) in [5.41, 5.74) is 1.66. The van der Waals surface area contributed by atoms with Crippen LogP contribution >= 0.6 is 11.6 Å². The average Bonchev–Trinajstić information content (AvgIpc) is 2.19. The lowest BCUT2D eigenvalue weighted by atomic mass is 10.1. The molecule has 1 aromatic carbocycles. The lowest BCUT2D eigenvalue weighted by Gasteiger charge is -2.05. The summed E-state index contributed by atoms with van der Waals surface area (Å²) >= 11 is 5.85. The maximum atomic E-state index is 8.84. The predicted molar refractivity (Wildman–Crippen MR) is 58.2 cm³/mol.